The van der Waals surface area contributed by atoms with Crippen molar-refractivity contribution in [1.29, 1.82) is 0 Å². The van der Waals surface area contributed by atoms with Gasteiger partial charge in [-0.25, -0.2) is 9.97 Å². The summed E-state index contributed by atoms with van der Waals surface area (Å²) >= 11 is 5.35. The van der Waals surface area contributed by atoms with E-state index < -0.39 is 0 Å². The number of aromatic nitrogens is 4. The van der Waals surface area contributed by atoms with Gasteiger partial charge in [0.25, 0.3) is 0 Å². The Kier molecular flexibility index (Phi) is 4.57. The van der Waals surface area contributed by atoms with E-state index in [1.165, 1.54) is 5.69 Å². The van der Waals surface area contributed by atoms with Gasteiger partial charge < -0.3 is 19.8 Å². The molecule has 0 saturated carbocycles. The van der Waals surface area contributed by atoms with Gasteiger partial charge in [0.15, 0.2) is 5.11 Å². The summed E-state index contributed by atoms with van der Waals surface area (Å²) in [6.07, 6.45) is 6.52. The third-order valence-electron chi connectivity index (χ3n) is 3.77. The third-order valence-corrected chi connectivity index (χ3v) is 4.01. The van der Waals surface area contributed by atoms with Crippen molar-refractivity contribution in [1.82, 2.24) is 24.4 Å². The van der Waals surface area contributed by atoms with E-state index in [2.05, 4.69) is 32.1 Å². The van der Waals surface area contributed by atoms with E-state index in [1.807, 2.05) is 48.7 Å². The van der Waals surface area contributed by atoms with Gasteiger partial charge in [0.2, 0.25) is 0 Å². The highest BCUT2D eigenvalue weighted by atomic mass is 32.1. The number of thiocarbonyl (C=S) groups is 1. The average Bonchev–Trinajstić information content (AvgIpc) is 3.10. The Morgan fingerprint density at radius 2 is 2.17 bits per heavy atom. The van der Waals surface area contributed by atoms with Crippen LogP contribution in [0.2, 0.25) is 0 Å². The van der Waals surface area contributed by atoms with Gasteiger partial charge in [-0.1, -0.05) is 0 Å². The highest BCUT2D eigenvalue weighted by Gasteiger charge is 2.03. The summed E-state index contributed by atoms with van der Waals surface area (Å²) in [5, 5.41) is 7.08. The van der Waals surface area contributed by atoms with Crippen molar-refractivity contribution >= 4 is 34.1 Å². The van der Waals surface area contributed by atoms with E-state index >= 15 is 0 Å². The normalized spacial score (nSPS) is 10.9. The molecule has 0 amide bonds. The van der Waals surface area contributed by atoms with Gasteiger partial charge in [-0.15, -0.1) is 0 Å². The predicted molar refractivity (Wildman–Crippen MR) is 96.5 cm³/mol. The number of fused-ring (bicyclic) bond motifs is 1. The number of benzene rings is 1. The van der Waals surface area contributed by atoms with E-state index in [-0.39, 0.29) is 0 Å². The zero-order valence-corrected chi connectivity index (χ0v) is 14.1. The first-order valence-corrected chi connectivity index (χ1v) is 7.97. The first-order chi connectivity index (χ1) is 11.1. The minimum Gasteiger partial charge on any atom is -0.362 e. The van der Waals surface area contributed by atoms with Crippen molar-refractivity contribution in [2.75, 3.05) is 11.9 Å². The van der Waals surface area contributed by atoms with Crippen molar-refractivity contribution in [2.24, 2.45) is 7.05 Å². The van der Waals surface area contributed by atoms with E-state index in [9.17, 15) is 0 Å². The largest absolute Gasteiger partial charge is 0.362 e. The van der Waals surface area contributed by atoms with Crippen LogP contribution in [-0.2, 0) is 13.6 Å². The Hall–Kier alpha value is -2.41. The standard InChI is InChI=1S/C16H20N6S/c1-12-9-17-10-22(12)7-3-6-18-16(23)20-13-4-5-14-15(8-13)21(2)11-19-14/h4-5,8-11H,3,6-7H2,1-2H3,(H2,18,20,23). The van der Waals surface area contributed by atoms with Crippen molar-refractivity contribution in [3.8, 4) is 0 Å². The van der Waals surface area contributed by atoms with E-state index in [0.717, 1.165) is 36.2 Å². The molecule has 23 heavy (non-hydrogen) atoms. The molecular weight excluding hydrogens is 308 g/mol. The summed E-state index contributed by atoms with van der Waals surface area (Å²) in [6.45, 7) is 3.81. The van der Waals surface area contributed by atoms with Crippen molar-refractivity contribution in [2.45, 2.75) is 19.9 Å². The Bertz CT molecular complexity index is 819. The lowest BCUT2D eigenvalue weighted by Gasteiger charge is -2.11. The molecule has 120 valence electrons. The molecule has 2 N–H and O–H groups in total. The monoisotopic (exact) mass is 328 g/mol. The molecule has 3 rings (SSSR count). The molecule has 0 atom stereocenters. The molecule has 7 heteroatoms. The van der Waals surface area contributed by atoms with Crippen LogP contribution in [0.1, 0.15) is 12.1 Å². The molecule has 3 aromatic rings. The fourth-order valence-electron chi connectivity index (χ4n) is 2.45. The summed E-state index contributed by atoms with van der Waals surface area (Å²) in [6, 6.07) is 6.02. The summed E-state index contributed by atoms with van der Waals surface area (Å²) < 4.78 is 4.12. The first kappa shape index (κ1) is 15.5. The summed E-state index contributed by atoms with van der Waals surface area (Å²) in [5.74, 6) is 0. The maximum Gasteiger partial charge on any atom is 0.170 e. The SMILES string of the molecule is Cc1cncn1CCCNC(=S)Nc1ccc2ncn(C)c2c1. The predicted octanol–water partition coefficient (Wildman–Crippen LogP) is 2.45. The number of hydrogen-bond acceptors (Lipinski definition) is 3. The first-order valence-electron chi connectivity index (χ1n) is 7.56. The number of hydrogen-bond donors (Lipinski definition) is 2. The molecule has 0 unspecified atom stereocenters. The minimum atomic E-state index is 0.633. The molecule has 0 spiro atoms. The van der Waals surface area contributed by atoms with Crippen molar-refractivity contribution in [3.05, 3.63) is 42.7 Å². The van der Waals surface area contributed by atoms with Gasteiger partial charge in [-0.05, 0) is 43.8 Å². The molecule has 0 fully saturated rings. The second kappa shape index (κ2) is 6.78. The van der Waals surface area contributed by atoms with Gasteiger partial charge in [0, 0.05) is 37.7 Å². The van der Waals surface area contributed by atoms with Crippen molar-refractivity contribution < 1.29 is 0 Å². The molecule has 6 nitrogen and oxygen atoms in total. The fourth-order valence-corrected chi connectivity index (χ4v) is 2.67. The van der Waals surface area contributed by atoms with E-state index in [4.69, 9.17) is 12.2 Å². The molecule has 2 heterocycles. The van der Waals surface area contributed by atoms with Crippen LogP contribution in [0.4, 0.5) is 5.69 Å². The van der Waals surface area contributed by atoms with Gasteiger partial charge >= 0.3 is 0 Å². The van der Waals surface area contributed by atoms with Crippen LogP contribution < -0.4 is 10.6 Å². The lowest BCUT2D eigenvalue weighted by atomic mass is 10.3. The quantitative estimate of drug-likeness (QED) is 0.556. The Morgan fingerprint density at radius 3 is 2.96 bits per heavy atom. The van der Waals surface area contributed by atoms with Crippen LogP contribution in [0.25, 0.3) is 11.0 Å². The molecule has 0 radical (unpaired) electrons. The zero-order chi connectivity index (χ0) is 16.2. The molecular formula is C16H20N6S. The molecule has 0 saturated heterocycles. The molecule has 2 aromatic heterocycles. The average molecular weight is 328 g/mol. The highest BCUT2D eigenvalue weighted by molar-refractivity contribution is 7.80. The van der Waals surface area contributed by atoms with Gasteiger partial charge in [-0.2, -0.15) is 0 Å². The topological polar surface area (TPSA) is 59.7 Å². The van der Waals surface area contributed by atoms with Crippen LogP contribution in [0.15, 0.2) is 37.1 Å². The number of nitrogens with one attached hydrogen (secondary N) is 2. The Balaban J connectivity index is 1.48. The van der Waals surface area contributed by atoms with Gasteiger partial charge in [-0.3, -0.25) is 0 Å². The summed E-state index contributed by atoms with van der Waals surface area (Å²) in [4.78, 5) is 8.43. The number of anilines is 1. The second-order valence-electron chi connectivity index (χ2n) is 5.52. The maximum atomic E-state index is 5.35. The molecule has 1 aromatic carbocycles. The lowest BCUT2D eigenvalue weighted by Crippen LogP contribution is -2.29. The molecule has 0 aliphatic heterocycles. The molecule has 0 bridgehead atoms. The highest BCUT2D eigenvalue weighted by Crippen LogP contribution is 2.17. The molecule has 0 aliphatic rings. The van der Waals surface area contributed by atoms with Gasteiger partial charge in [0.1, 0.15) is 0 Å². The van der Waals surface area contributed by atoms with Crippen molar-refractivity contribution in [3.63, 3.8) is 0 Å². The summed E-state index contributed by atoms with van der Waals surface area (Å²) in [7, 11) is 1.98. The van der Waals surface area contributed by atoms with Crippen LogP contribution in [-0.4, -0.2) is 30.8 Å². The number of rotatable bonds is 5. The number of nitrogens with zero attached hydrogens (tertiary/aromatic N) is 4. The Labute approximate surface area is 140 Å². The summed E-state index contributed by atoms with van der Waals surface area (Å²) in [5.41, 5.74) is 4.19. The third kappa shape index (κ3) is 3.68. The lowest BCUT2D eigenvalue weighted by molar-refractivity contribution is 0.620. The second-order valence-corrected chi connectivity index (χ2v) is 5.93. The maximum absolute atomic E-state index is 5.35. The smallest absolute Gasteiger partial charge is 0.170 e. The van der Waals surface area contributed by atoms with E-state index in [0.29, 0.717) is 5.11 Å². The van der Waals surface area contributed by atoms with Crippen LogP contribution in [0.5, 0.6) is 0 Å². The van der Waals surface area contributed by atoms with Crippen LogP contribution in [0.3, 0.4) is 0 Å². The Morgan fingerprint density at radius 1 is 1.30 bits per heavy atom. The number of aryl methyl sites for hydroxylation is 3. The molecule has 0 aliphatic carbocycles. The van der Waals surface area contributed by atoms with Crippen LogP contribution >= 0.6 is 12.2 Å². The fraction of sp³-hybridized carbons (Fsp3) is 0.312. The van der Waals surface area contributed by atoms with E-state index in [1.54, 1.807) is 0 Å². The number of imidazole rings is 2. The van der Waals surface area contributed by atoms with Gasteiger partial charge in [0.05, 0.1) is 23.7 Å². The minimum absolute atomic E-state index is 0.633. The zero-order valence-electron chi connectivity index (χ0n) is 13.3. The van der Waals surface area contributed by atoms with Crippen LogP contribution in [0, 0.1) is 6.92 Å².